The summed E-state index contributed by atoms with van der Waals surface area (Å²) in [6.45, 7) is 10.5. The second-order valence-electron chi connectivity index (χ2n) is 6.98. The fourth-order valence-corrected chi connectivity index (χ4v) is 3.59. The van der Waals surface area contributed by atoms with Gasteiger partial charge in [-0.25, -0.2) is 0 Å². The lowest BCUT2D eigenvalue weighted by Gasteiger charge is -2.36. The van der Waals surface area contributed by atoms with Crippen LogP contribution in [0.2, 0.25) is 0 Å². The van der Waals surface area contributed by atoms with Gasteiger partial charge in [0, 0.05) is 64.3 Å². The Morgan fingerprint density at radius 2 is 1.83 bits per heavy atom. The summed E-state index contributed by atoms with van der Waals surface area (Å²) >= 11 is 0. The van der Waals surface area contributed by atoms with E-state index in [1.807, 2.05) is 13.8 Å². The molecular weight excluding hydrogens is 308 g/mol. The van der Waals surface area contributed by atoms with Gasteiger partial charge >= 0.3 is 0 Å². The predicted octanol–water partition coefficient (Wildman–Crippen LogP) is 0.392. The van der Waals surface area contributed by atoms with Crippen molar-refractivity contribution in [2.45, 2.75) is 39.3 Å². The highest BCUT2D eigenvalue weighted by atomic mass is 16.5. The molecule has 0 radical (unpaired) electrons. The highest BCUT2D eigenvalue weighted by Crippen LogP contribution is 2.16. The number of aromatic nitrogens is 1. The number of aryl methyl sites for hydroxylation is 2. The van der Waals surface area contributed by atoms with E-state index in [1.165, 1.54) is 5.56 Å². The van der Waals surface area contributed by atoms with E-state index in [1.54, 1.807) is 4.90 Å². The van der Waals surface area contributed by atoms with E-state index in [4.69, 9.17) is 4.52 Å². The van der Waals surface area contributed by atoms with E-state index in [-0.39, 0.29) is 5.91 Å². The molecule has 2 saturated heterocycles. The predicted molar refractivity (Wildman–Crippen MR) is 89.5 cm³/mol. The largest absolute Gasteiger partial charge is 0.390 e. The number of nitrogens with zero attached hydrogens (tertiary/aromatic N) is 4. The van der Waals surface area contributed by atoms with Gasteiger partial charge < -0.3 is 14.5 Å². The van der Waals surface area contributed by atoms with E-state index >= 15 is 0 Å². The average Bonchev–Trinajstić information content (AvgIpc) is 3.09. The van der Waals surface area contributed by atoms with Crippen LogP contribution in [0, 0.1) is 13.8 Å². The van der Waals surface area contributed by atoms with Gasteiger partial charge in [0.2, 0.25) is 5.91 Å². The highest BCUT2D eigenvalue weighted by Gasteiger charge is 2.25. The lowest BCUT2D eigenvalue weighted by Crippen LogP contribution is -2.49. The summed E-state index contributed by atoms with van der Waals surface area (Å²) in [5, 5.41) is 14.3. The van der Waals surface area contributed by atoms with Crippen LogP contribution in [-0.4, -0.2) is 82.8 Å². The Bertz CT molecular complexity index is 547. The summed E-state index contributed by atoms with van der Waals surface area (Å²) in [5.41, 5.74) is 2.16. The minimum atomic E-state index is -0.457. The Kier molecular flexibility index (Phi) is 5.53. The van der Waals surface area contributed by atoms with Crippen LogP contribution in [0.15, 0.2) is 4.52 Å². The quantitative estimate of drug-likeness (QED) is 0.810. The van der Waals surface area contributed by atoms with E-state index in [0.717, 1.165) is 57.1 Å². The van der Waals surface area contributed by atoms with Crippen molar-refractivity contribution < 1.29 is 14.4 Å². The summed E-state index contributed by atoms with van der Waals surface area (Å²) in [5.74, 6) is 1.08. The molecule has 2 aliphatic rings. The lowest BCUT2D eigenvalue weighted by molar-refractivity contribution is -0.129. The van der Waals surface area contributed by atoms with E-state index in [9.17, 15) is 9.90 Å². The SMILES string of the molecule is Cc1noc(C)c1CN1CCN(CC(O)CN2CCCC2=O)CC1. The van der Waals surface area contributed by atoms with E-state index in [2.05, 4.69) is 15.0 Å². The van der Waals surface area contributed by atoms with Crippen LogP contribution in [0.5, 0.6) is 0 Å². The minimum Gasteiger partial charge on any atom is -0.390 e. The molecule has 0 aliphatic carbocycles. The van der Waals surface area contributed by atoms with Crippen molar-refractivity contribution in [2.75, 3.05) is 45.8 Å². The van der Waals surface area contributed by atoms with Gasteiger partial charge in [0.05, 0.1) is 11.8 Å². The molecular formula is C17H28N4O3. The van der Waals surface area contributed by atoms with Crippen molar-refractivity contribution in [3.05, 3.63) is 17.0 Å². The third-order valence-corrected chi connectivity index (χ3v) is 5.10. The first-order valence-electron chi connectivity index (χ1n) is 8.85. The van der Waals surface area contributed by atoms with E-state index < -0.39 is 6.10 Å². The summed E-state index contributed by atoms with van der Waals surface area (Å²) < 4.78 is 5.23. The lowest BCUT2D eigenvalue weighted by atomic mass is 10.1. The summed E-state index contributed by atoms with van der Waals surface area (Å²) in [6, 6.07) is 0. The van der Waals surface area contributed by atoms with Gasteiger partial charge in [0.1, 0.15) is 5.76 Å². The molecule has 24 heavy (non-hydrogen) atoms. The van der Waals surface area contributed by atoms with Gasteiger partial charge in [-0.2, -0.15) is 0 Å². The molecule has 7 heteroatoms. The van der Waals surface area contributed by atoms with Gasteiger partial charge in [-0.15, -0.1) is 0 Å². The number of carbonyl (C=O) groups excluding carboxylic acids is 1. The molecule has 0 aromatic carbocycles. The van der Waals surface area contributed by atoms with Crippen LogP contribution >= 0.6 is 0 Å². The molecule has 3 rings (SSSR count). The van der Waals surface area contributed by atoms with Crippen molar-refractivity contribution in [1.82, 2.24) is 19.9 Å². The maximum absolute atomic E-state index is 11.6. The second-order valence-corrected chi connectivity index (χ2v) is 6.98. The van der Waals surface area contributed by atoms with Crippen LogP contribution in [-0.2, 0) is 11.3 Å². The number of hydrogen-bond acceptors (Lipinski definition) is 6. The molecule has 2 fully saturated rings. The molecule has 0 saturated carbocycles. The topological polar surface area (TPSA) is 73.1 Å². The van der Waals surface area contributed by atoms with Gasteiger partial charge in [0.15, 0.2) is 0 Å². The first-order valence-corrected chi connectivity index (χ1v) is 8.85. The Morgan fingerprint density at radius 1 is 1.12 bits per heavy atom. The van der Waals surface area contributed by atoms with Crippen molar-refractivity contribution in [3.8, 4) is 0 Å². The van der Waals surface area contributed by atoms with Crippen molar-refractivity contribution in [3.63, 3.8) is 0 Å². The van der Waals surface area contributed by atoms with Crippen LogP contribution in [0.25, 0.3) is 0 Å². The number of aliphatic hydroxyl groups is 1. The van der Waals surface area contributed by atoms with Crippen molar-refractivity contribution >= 4 is 5.91 Å². The molecule has 0 bridgehead atoms. The fraction of sp³-hybridized carbons (Fsp3) is 0.765. The number of β-amino-alcohol motifs (C(OH)–C–C–N with tert-alkyl or cyclic N) is 1. The number of aliphatic hydroxyl groups excluding tert-OH is 1. The molecule has 0 spiro atoms. The van der Waals surface area contributed by atoms with Crippen molar-refractivity contribution in [1.29, 1.82) is 0 Å². The third kappa shape index (κ3) is 4.15. The maximum Gasteiger partial charge on any atom is 0.222 e. The number of amides is 1. The highest BCUT2D eigenvalue weighted by molar-refractivity contribution is 5.78. The summed E-state index contributed by atoms with van der Waals surface area (Å²) in [6.07, 6.45) is 1.10. The molecule has 7 nitrogen and oxygen atoms in total. The van der Waals surface area contributed by atoms with Crippen molar-refractivity contribution in [2.24, 2.45) is 0 Å². The molecule has 1 amide bonds. The number of carbonyl (C=O) groups is 1. The zero-order chi connectivity index (χ0) is 17.1. The molecule has 1 unspecified atom stereocenters. The molecule has 1 atom stereocenters. The maximum atomic E-state index is 11.6. The Labute approximate surface area is 143 Å². The number of hydrogen-bond donors (Lipinski definition) is 1. The monoisotopic (exact) mass is 336 g/mol. The molecule has 2 aliphatic heterocycles. The first-order chi connectivity index (χ1) is 11.5. The fourth-order valence-electron chi connectivity index (χ4n) is 3.59. The van der Waals surface area contributed by atoms with Gasteiger partial charge in [-0.05, 0) is 20.3 Å². The Morgan fingerprint density at radius 3 is 2.42 bits per heavy atom. The molecule has 1 N–H and O–H groups in total. The first kappa shape index (κ1) is 17.4. The van der Waals surface area contributed by atoms with Gasteiger partial charge in [-0.3, -0.25) is 14.6 Å². The third-order valence-electron chi connectivity index (χ3n) is 5.10. The Balaban J connectivity index is 1.41. The zero-order valence-electron chi connectivity index (χ0n) is 14.7. The minimum absolute atomic E-state index is 0.179. The molecule has 3 heterocycles. The van der Waals surface area contributed by atoms with Gasteiger partial charge in [0.25, 0.3) is 0 Å². The molecule has 1 aromatic heterocycles. The smallest absolute Gasteiger partial charge is 0.222 e. The Hall–Kier alpha value is -1.44. The standard InChI is InChI=1S/C17H28N4O3/c1-13-16(14(2)24-18-13)12-20-8-6-19(7-9-20)10-15(22)11-21-5-3-4-17(21)23/h15,22H,3-12H2,1-2H3. The normalized spacial score (nSPS) is 21.6. The number of piperazine rings is 1. The van der Waals surface area contributed by atoms with E-state index in [0.29, 0.717) is 19.5 Å². The zero-order valence-corrected chi connectivity index (χ0v) is 14.7. The van der Waals surface area contributed by atoms with Crippen LogP contribution in [0.3, 0.4) is 0 Å². The second kappa shape index (κ2) is 7.63. The summed E-state index contributed by atoms with van der Waals surface area (Å²) in [4.78, 5) is 18.1. The summed E-state index contributed by atoms with van der Waals surface area (Å²) in [7, 11) is 0. The molecule has 134 valence electrons. The van der Waals surface area contributed by atoms with Crippen LogP contribution in [0.1, 0.15) is 29.9 Å². The number of rotatable bonds is 6. The average molecular weight is 336 g/mol. The van der Waals surface area contributed by atoms with Crippen LogP contribution < -0.4 is 0 Å². The van der Waals surface area contributed by atoms with Crippen LogP contribution in [0.4, 0.5) is 0 Å². The number of likely N-dealkylation sites (tertiary alicyclic amines) is 1. The van der Waals surface area contributed by atoms with Gasteiger partial charge in [-0.1, -0.05) is 5.16 Å². The molecule has 1 aromatic rings.